The summed E-state index contributed by atoms with van der Waals surface area (Å²) in [6.07, 6.45) is 0.334. The summed E-state index contributed by atoms with van der Waals surface area (Å²) in [6.45, 7) is 6.46. The minimum absolute atomic E-state index is 0.0820. The fraction of sp³-hybridized carbons (Fsp3) is 0.500. The molecule has 0 saturated heterocycles. The molecular weight excluding hydrogens is 246 g/mol. The number of rotatable bonds is 4. The van der Waals surface area contributed by atoms with Gasteiger partial charge in [0.25, 0.3) is 0 Å². The predicted octanol–water partition coefficient (Wildman–Crippen LogP) is 1.19. The van der Waals surface area contributed by atoms with Gasteiger partial charge in [-0.2, -0.15) is 0 Å². The van der Waals surface area contributed by atoms with E-state index < -0.39 is 11.5 Å². The fourth-order valence-electron chi connectivity index (χ4n) is 1.98. The number of hydrogen-bond donors (Lipinski definition) is 4. The molecule has 5 N–H and O–H groups in total. The van der Waals surface area contributed by atoms with Crippen molar-refractivity contribution in [2.75, 3.05) is 0 Å². The molecule has 0 saturated carbocycles. The van der Waals surface area contributed by atoms with Crippen molar-refractivity contribution in [2.45, 2.75) is 46.1 Å². The molecule has 5 nitrogen and oxygen atoms in total. The molecular formula is C14H21NO4. The number of phenolic OH excluding ortho intramolecular Hbond substituents is 2. The Morgan fingerprint density at radius 2 is 1.58 bits per heavy atom. The maximum absolute atomic E-state index is 11.1. The van der Waals surface area contributed by atoms with Gasteiger partial charge in [0, 0.05) is 5.56 Å². The summed E-state index contributed by atoms with van der Waals surface area (Å²) >= 11 is 0. The zero-order valence-electron chi connectivity index (χ0n) is 11.7. The molecule has 1 atom stereocenters. The van der Waals surface area contributed by atoms with E-state index in [0.29, 0.717) is 22.3 Å². The van der Waals surface area contributed by atoms with Crippen molar-refractivity contribution in [1.29, 1.82) is 0 Å². The smallest absolute Gasteiger partial charge is 0.249 e. The minimum atomic E-state index is -1.63. The second-order valence-corrected chi connectivity index (χ2v) is 5.19. The molecule has 1 aromatic carbocycles. The fourth-order valence-corrected chi connectivity index (χ4v) is 1.98. The first-order valence-electron chi connectivity index (χ1n) is 6.12. The lowest BCUT2D eigenvalue weighted by atomic mass is 9.90. The summed E-state index contributed by atoms with van der Waals surface area (Å²) in [6, 6.07) is 0. The summed E-state index contributed by atoms with van der Waals surface area (Å²) in [5.74, 6) is -0.588. The Morgan fingerprint density at radius 1 is 1.11 bits per heavy atom. The average Bonchev–Trinajstić information content (AvgIpc) is 2.33. The van der Waals surface area contributed by atoms with E-state index in [0.717, 1.165) is 0 Å². The normalized spacial score (nSPS) is 14.2. The van der Waals surface area contributed by atoms with Gasteiger partial charge in [-0.25, -0.2) is 0 Å². The molecule has 0 spiro atoms. The highest BCUT2D eigenvalue weighted by atomic mass is 16.3. The first-order valence-corrected chi connectivity index (χ1v) is 6.12. The van der Waals surface area contributed by atoms with Crippen molar-refractivity contribution in [3.05, 3.63) is 22.3 Å². The van der Waals surface area contributed by atoms with Crippen LogP contribution in [0.2, 0.25) is 0 Å². The van der Waals surface area contributed by atoms with Crippen molar-refractivity contribution >= 4 is 5.91 Å². The van der Waals surface area contributed by atoms with E-state index in [4.69, 9.17) is 5.73 Å². The summed E-state index contributed by atoms with van der Waals surface area (Å²) in [7, 11) is 0. The Bertz CT molecular complexity index is 492. The molecule has 0 aliphatic heterocycles. The molecule has 5 heteroatoms. The van der Waals surface area contributed by atoms with Crippen LogP contribution in [0, 0.1) is 20.8 Å². The molecule has 1 rings (SSSR count). The third-order valence-electron chi connectivity index (χ3n) is 3.76. The molecule has 1 aromatic rings. The number of benzene rings is 1. The lowest BCUT2D eigenvalue weighted by molar-refractivity contribution is -0.135. The summed E-state index contributed by atoms with van der Waals surface area (Å²) in [5, 5.41) is 29.9. The van der Waals surface area contributed by atoms with Crippen LogP contribution in [0.5, 0.6) is 11.5 Å². The summed E-state index contributed by atoms with van der Waals surface area (Å²) in [4.78, 5) is 11.1. The van der Waals surface area contributed by atoms with E-state index in [1.807, 2.05) is 0 Å². The quantitative estimate of drug-likeness (QED) is 0.615. The minimum Gasteiger partial charge on any atom is -0.507 e. The number of nitrogens with two attached hydrogens (primary N) is 1. The molecule has 0 bridgehead atoms. The highest BCUT2D eigenvalue weighted by molar-refractivity contribution is 5.82. The molecule has 0 aromatic heterocycles. The average molecular weight is 267 g/mol. The number of aliphatic hydroxyl groups is 1. The number of carbonyl (C=O) groups excluding carboxylic acids is 1. The molecule has 1 unspecified atom stereocenters. The van der Waals surface area contributed by atoms with Gasteiger partial charge in [-0.15, -0.1) is 0 Å². The molecule has 106 valence electrons. The first-order chi connectivity index (χ1) is 8.59. The van der Waals surface area contributed by atoms with Crippen molar-refractivity contribution in [3.63, 3.8) is 0 Å². The zero-order chi connectivity index (χ0) is 15.0. The number of aromatic hydroxyl groups is 2. The standard InChI is InChI=1S/C14H21NO4/c1-7-8(2)12(17)10(9(3)11(7)16)5-6-14(4,19)13(15)18/h16-17,19H,5-6H2,1-4H3,(H2,15,18). The lowest BCUT2D eigenvalue weighted by Gasteiger charge is -2.21. The molecule has 0 fully saturated rings. The van der Waals surface area contributed by atoms with E-state index in [2.05, 4.69) is 0 Å². The zero-order valence-corrected chi connectivity index (χ0v) is 11.7. The van der Waals surface area contributed by atoms with Crippen LogP contribution in [-0.2, 0) is 11.2 Å². The van der Waals surface area contributed by atoms with Crippen LogP contribution in [0.1, 0.15) is 35.6 Å². The highest BCUT2D eigenvalue weighted by Crippen LogP contribution is 2.37. The molecule has 0 heterocycles. The van der Waals surface area contributed by atoms with Crippen LogP contribution in [0.4, 0.5) is 0 Å². The maximum atomic E-state index is 11.1. The lowest BCUT2D eigenvalue weighted by Crippen LogP contribution is -2.41. The Hall–Kier alpha value is -1.75. The second kappa shape index (κ2) is 5.09. The van der Waals surface area contributed by atoms with E-state index in [-0.39, 0.29) is 24.3 Å². The number of hydrogen-bond acceptors (Lipinski definition) is 4. The van der Waals surface area contributed by atoms with Crippen LogP contribution in [0.15, 0.2) is 0 Å². The van der Waals surface area contributed by atoms with Gasteiger partial charge < -0.3 is 21.1 Å². The van der Waals surface area contributed by atoms with Crippen LogP contribution in [0.3, 0.4) is 0 Å². The molecule has 1 amide bonds. The largest absolute Gasteiger partial charge is 0.507 e. The van der Waals surface area contributed by atoms with E-state index in [1.165, 1.54) is 6.92 Å². The van der Waals surface area contributed by atoms with Crippen LogP contribution in [0.25, 0.3) is 0 Å². The Kier molecular flexibility index (Phi) is 4.10. The molecule has 0 radical (unpaired) electrons. The van der Waals surface area contributed by atoms with Crippen LogP contribution < -0.4 is 5.73 Å². The van der Waals surface area contributed by atoms with Gasteiger partial charge in [-0.3, -0.25) is 4.79 Å². The van der Waals surface area contributed by atoms with E-state index in [1.54, 1.807) is 20.8 Å². The van der Waals surface area contributed by atoms with Crippen molar-refractivity contribution in [2.24, 2.45) is 5.73 Å². The van der Waals surface area contributed by atoms with Gasteiger partial charge in [0.05, 0.1) is 0 Å². The van der Waals surface area contributed by atoms with Crippen molar-refractivity contribution < 1.29 is 20.1 Å². The van der Waals surface area contributed by atoms with Gasteiger partial charge in [0.1, 0.15) is 17.1 Å². The summed E-state index contributed by atoms with van der Waals surface area (Å²) < 4.78 is 0. The van der Waals surface area contributed by atoms with Gasteiger partial charge in [0.2, 0.25) is 5.91 Å². The van der Waals surface area contributed by atoms with Gasteiger partial charge >= 0.3 is 0 Å². The topological polar surface area (TPSA) is 104 Å². The van der Waals surface area contributed by atoms with Gasteiger partial charge in [-0.1, -0.05) is 0 Å². The molecule has 0 aliphatic carbocycles. The Labute approximate surface area is 112 Å². The number of primary amides is 1. The number of phenols is 2. The van der Waals surface area contributed by atoms with Crippen LogP contribution >= 0.6 is 0 Å². The Balaban J connectivity index is 3.13. The monoisotopic (exact) mass is 267 g/mol. The predicted molar refractivity (Wildman–Crippen MR) is 72.1 cm³/mol. The molecule has 19 heavy (non-hydrogen) atoms. The SMILES string of the molecule is Cc1c(C)c(O)c(CCC(C)(O)C(N)=O)c(C)c1O. The third-order valence-corrected chi connectivity index (χ3v) is 3.76. The maximum Gasteiger partial charge on any atom is 0.249 e. The van der Waals surface area contributed by atoms with Crippen molar-refractivity contribution in [3.8, 4) is 11.5 Å². The number of amides is 1. The molecule has 0 aliphatic rings. The van der Waals surface area contributed by atoms with Gasteiger partial charge in [-0.05, 0) is 57.2 Å². The van der Waals surface area contributed by atoms with E-state index in [9.17, 15) is 20.1 Å². The van der Waals surface area contributed by atoms with E-state index >= 15 is 0 Å². The Morgan fingerprint density at radius 3 is 2.05 bits per heavy atom. The number of carbonyl (C=O) groups is 1. The van der Waals surface area contributed by atoms with Gasteiger partial charge in [0.15, 0.2) is 0 Å². The highest BCUT2D eigenvalue weighted by Gasteiger charge is 2.28. The first kappa shape index (κ1) is 15.3. The summed E-state index contributed by atoms with van der Waals surface area (Å²) in [5.41, 5.74) is 5.77. The van der Waals surface area contributed by atoms with Crippen molar-refractivity contribution in [1.82, 2.24) is 0 Å². The second-order valence-electron chi connectivity index (χ2n) is 5.19. The van der Waals surface area contributed by atoms with Crippen LogP contribution in [-0.4, -0.2) is 26.8 Å². The third kappa shape index (κ3) is 2.81.